The normalized spacial score (nSPS) is 22.7. The monoisotopic (exact) mass is 803 g/mol. The Balaban J connectivity index is 1.14. The molecule has 1 spiro atoms. The first-order valence-electron chi connectivity index (χ1n) is 19.9. The van der Waals surface area contributed by atoms with Gasteiger partial charge in [-0.2, -0.15) is 0 Å². The lowest BCUT2D eigenvalue weighted by Crippen LogP contribution is -2.51. The van der Waals surface area contributed by atoms with Gasteiger partial charge in [0, 0.05) is 47.9 Å². The highest BCUT2D eigenvalue weighted by Gasteiger charge is 2.66. The Hall–Kier alpha value is -4.81. The topological polar surface area (TPSA) is 110 Å². The Morgan fingerprint density at radius 1 is 1.00 bits per heavy atom. The number of fused-ring (bicyclic) bond motifs is 2. The van der Waals surface area contributed by atoms with Gasteiger partial charge in [-0.3, -0.25) is 14.3 Å². The van der Waals surface area contributed by atoms with Crippen molar-refractivity contribution in [2.45, 2.75) is 82.0 Å². The molecular weight excluding hydrogens is 754 g/mol. The average Bonchev–Trinajstić information content (AvgIpc) is 3.88. The summed E-state index contributed by atoms with van der Waals surface area (Å²) in [6, 6.07) is 31.9. The zero-order chi connectivity index (χ0) is 39.9. The molecule has 0 saturated carbocycles. The van der Waals surface area contributed by atoms with Crippen LogP contribution in [0.4, 0.5) is 11.4 Å². The maximum absolute atomic E-state index is 15.4. The number of halogens is 1. The summed E-state index contributed by atoms with van der Waals surface area (Å²) in [5.74, 6) is 0.335. The van der Waals surface area contributed by atoms with Gasteiger partial charge in [-0.1, -0.05) is 96.6 Å². The summed E-state index contributed by atoms with van der Waals surface area (Å²) in [7, 11) is -0.724. The number of aliphatic hydroxyl groups is 1. The van der Waals surface area contributed by atoms with Gasteiger partial charge in [0.05, 0.1) is 51.7 Å². The molecule has 1 N–H and O–H groups in total. The molecule has 296 valence electrons. The molecule has 2 fully saturated rings. The highest BCUT2D eigenvalue weighted by molar-refractivity contribution is 6.91. The number of carbonyl (C=O) groups excluding carboxylic acids is 2. The molecule has 5 aromatic rings. The largest absolute Gasteiger partial charge is 0.497 e. The quantitative estimate of drug-likeness (QED) is 0.131. The molecule has 0 radical (unpaired) electrons. The Morgan fingerprint density at radius 2 is 1.79 bits per heavy atom. The first-order chi connectivity index (χ1) is 27.5. The molecule has 0 aliphatic carbocycles. The van der Waals surface area contributed by atoms with E-state index in [1.54, 1.807) is 7.11 Å². The van der Waals surface area contributed by atoms with Crippen molar-refractivity contribution >= 4 is 48.1 Å². The summed E-state index contributed by atoms with van der Waals surface area (Å²) in [5, 5.41) is 21.1. The number of aliphatic hydroxyl groups excluding tert-OH is 1. The maximum atomic E-state index is 15.4. The van der Waals surface area contributed by atoms with Gasteiger partial charge >= 0.3 is 0 Å². The van der Waals surface area contributed by atoms with Crippen LogP contribution in [0.15, 0.2) is 103 Å². The molecule has 3 aliphatic heterocycles. The predicted molar refractivity (Wildman–Crippen MR) is 225 cm³/mol. The molecule has 2 amide bonds. The molecule has 10 nitrogen and oxygen atoms in total. The van der Waals surface area contributed by atoms with Gasteiger partial charge in [0.2, 0.25) is 5.91 Å². The van der Waals surface area contributed by atoms with Crippen LogP contribution in [0, 0.1) is 5.92 Å². The van der Waals surface area contributed by atoms with E-state index in [2.05, 4.69) is 42.5 Å². The molecule has 1 aromatic heterocycles. The van der Waals surface area contributed by atoms with Gasteiger partial charge in [-0.15, -0.1) is 5.10 Å². The average molecular weight is 804 g/mol. The van der Waals surface area contributed by atoms with Crippen molar-refractivity contribution in [2.24, 2.45) is 5.92 Å². The fourth-order valence-corrected chi connectivity index (χ4v) is 13.9. The minimum absolute atomic E-state index is 0.0209. The first-order valence-corrected chi connectivity index (χ1v) is 23.4. The molecule has 4 aromatic carbocycles. The Morgan fingerprint density at radius 3 is 2.53 bits per heavy atom. The number of aromatic nitrogens is 3. The lowest BCUT2D eigenvalue weighted by Gasteiger charge is -2.37. The molecule has 0 bridgehead atoms. The van der Waals surface area contributed by atoms with E-state index >= 15 is 4.79 Å². The fourth-order valence-electron chi connectivity index (χ4n) is 9.69. The standard InChI is InChI=1S/C45H50ClN5O5Si/c1-30-43(57(3,4)36-19-17-35(55-2)18-20-36)41(22-24-49-28-39(47-48-49)37(29-52)32-12-6-5-7-13-32)56-45(30)38-26-33(46)16-21-40(38)51(44(45)54)27-31-11-10-14-34(25-31)50-23-9-8-15-42(50)53/h5-7,10-14,16-21,25-26,28,30,37,41,43,52H,8-9,15,22-24,27,29H2,1-4H3/t30-,37?,41+,43-,45+/m1/s1. The number of methoxy groups -OCH3 is 1. The van der Waals surface area contributed by atoms with E-state index in [1.807, 2.05) is 106 Å². The minimum Gasteiger partial charge on any atom is -0.497 e. The van der Waals surface area contributed by atoms with Crippen LogP contribution in [-0.4, -0.2) is 66.4 Å². The lowest BCUT2D eigenvalue weighted by molar-refractivity contribution is -0.146. The number of nitrogens with zero attached hydrogens (tertiary/aromatic N) is 5. The number of hydrogen-bond acceptors (Lipinski definition) is 7. The second-order valence-corrected chi connectivity index (χ2v) is 21.3. The summed E-state index contributed by atoms with van der Waals surface area (Å²) in [5.41, 5.74) is 3.80. The second kappa shape index (κ2) is 15.9. The van der Waals surface area contributed by atoms with E-state index in [-0.39, 0.29) is 41.9 Å². The van der Waals surface area contributed by atoms with Crippen molar-refractivity contribution in [3.8, 4) is 5.75 Å². The van der Waals surface area contributed by atoms with Crippen molar-refractivity contribution in [3.05, 3.63) is 131 Å². The van der Waals surface area contributed by atoms with E-state index < -0.39 is 13.7 Å². The van der Waals surface area contributed by atoms with E-state index in [1.165, 1.54) is 5.19 Å². The van der Waals surface area contributed by atoms with Crippen LogP contribution in [0.2, 0.25) is 23.7 Å². The van der Waals surface area contributed by atoms with Crippen LogP contribution in [-0.2, 0) is 33.0 Å². The van der Waals surface area contributed by atoms with Gasteiger partial charge in [-0.05, 0) is 78.4 Å². The minimum atomic E-state index is -2.40. The van der Waals surface area contributed by atoms with Crippen LogP contribution in [0.1, 0.15) is 60.9 Å². The van der Waals surface area contributed by atoms with Gasteiger partial charge in [0.1, 0.15) is 5.75 Å². The summed E-state index contributed by atoms with van der Waals surface area (Å²) in [6.45, 7) is 8.37. The van der Waals surface area contributed by atoms with E-state index in [4.69, 9.17) is 21.1 Å². The molecule has 5 atom stereocenters. The number of piperidine rings is 1. The Bertz CT molecular complexity index is 2250. The van der Waals surface area contributed by atoms with E-state index in [9.17, 15) is 9.90 Å². The molecule has 12 heteroatoms. The fraction of sp³-hybridized carbons (Fsp3) is 0.378. The number of anilines is 2. The summed E-state index contributed by atoms with van der Waals surface area (Å²) >= 11 is 6.76. The van der Waals surface area contributed by atoms with Gasteiger partial charge < -0.3 is 24.4 Å². The predicted octanol–water partition coefficient (Wildman–Crippen LogP) is 7.43. The number of hydrogen-bond donors (Lipinski definition) is 1. The number of amides is 2. The number of benzene rings is 4. The van der Waals surface area contributed by atoms with Crippen LogP contribution in [0.5, 0.6) is 5.75 Å². The molecule has 2 saturated heterocycles. The zero-order valence-electron chi connectivity index (χ0n) is 33.0. The van der Waals surface area contributed by atoms with Crippen molar-refractivity contribution in [2.75, 3.05) is 30.1 Å². The molecule has 4 heterocycles. The van der Waals surface area contributed by atoms with E-state index in [0.717, 1.165) is 46.7 Å². The summed E-state index contributed by atoms with van der Waals surface area (Å²) < 4.78 is 14.7. The summed E-state index contributed by atoms with van der Waals surface area (Å²) in [4.78, 5) is 31.9. The molecule has 3 aliphatic rings. The maximum Gasteiger partial charge on any atom is 0.264 e. The van der Waals surface area contributed by atoms with Gasteiger partial charge in [-0.25, -0.2) is 0 Å². The molecule has 8 rings (SSSR count). The Labute approximate surface area is 340 Å². The lowest BCUT2D eigenvalue weighted by atomic mass is 9.82. The zero-order valence-corrected chi connectivity index (χ0v) is 34.7. The van der Waals surface area contributed by atoms with Crippen molar-refractivity contribution in [1.29, 1.82) is 0 Å². The number of carbonyl (C=O) groups is 2. The van der Waals surface area contributed by atoms with Crippen LogP contribution >= 0.6 is 11.6 Å². The third-order valence-electron chi connectivity index (χ3n) is 12.6. The van der Waals surface area contributed by atoms with Crippen LogP contribution < -0.4 is 19.7 Å². The van der Waals surface area contributed by atoms with Crippen LogP contribution in [0.25, 0.3) is 0 Å². The van der Waals surface area contributed by atoms with Gasteiger partial charge in [0.25, 0.3) is 5.91 Å². The van der Waals surface area contributed by atoms with Gasteiger partial charge in [0.15, 0.2) is 5.60 Å². The third kappa shape index (κ3) is 7.09. The highest BCUT2D eigenvalue weighted by atomic mass is 35.5. The smallest absolute Gasteiger partial charge is 0.264 e. The number of rotatable bonds is 12. The third-order valence-corrected chi connectivity index (χ3v) is 17.2. The number of ether oxygens (including phenoxy) is 2. The highest BCUT2D eigenvalue weighted by Crippen LogP contribution is 2.60. The second-order valence-electron chi connectivity index (χ2n) is 16.2. The molecular formula is C45H50ClN5O5Si. The Kier molecular flexibility index (Phi) is 10.9. The van der Waals surface area contributed by atoms with E-state index in [0.29, 0.717) is 43.2 Å². The molecule has 57 heavy (non-hydrogen) atoms. The number of aryl methyl sites for hydroxylation is 1. The van der Waals surface area contributed by atoms with Crippen molar-refractivity contribution in [1.82, 2.24) is 15.0 Å². The van der Waals surface area contributed by atoms with Crippen molar-refractivity contribution in [3.63, 3.8) is 0 Å². The van der Waals surface area contributed by atoms with Crippen molar-refractivity contribution < 1.29 is 24.2 Å². The summed E-state index contributed by atoms with van der Waals surface area (Å²) in [6.07, 6.45) is 4.63. The molecule has 1 unspecified atom stereocenters. The first kappa shape index (κ1) is 39.0. The SMILES string of the molecule is COc1ccc([Si](C)(C)[C@H]2[C@H](CCn3cc(C(CO)c4ccccc4)nn3)O[C@@]3(C(=O)N(Cc4cccc(N5CCCCC5=O)c4)c4ccc(Cl)cc43)[C@@H]2C)cc1. The van der Waals surface area contributed by atoms with Crippen LogP contribution in [0.3, 0.4) is 0 Å².